The van der Waals surface area contributed by atoms with Crippen molar-refractivity contribution in [3.63, 3.8) is 0 Å². The van der Waals surface area contributed by atoms with Gasteiger partial charge in [-0.2, -0.15) is 0 Å². The van der Waals surface area contributed by atoms with Gasteiger partial charge in [-0.3, -0.25) is 14.3 Å². The van der Waals surface area contributed by atoms with E-state index in [9.17, 15) is 4.79 Å². The minimum absolute atomic E-state index is 0.0353. The molecule has 0 bridgehead atoms. The highest BCUT2D eigenvalue weighted by Crippen LogP contribution is 2.11. The van der Waals surface area contributed by atoms with Crippen molar-refractivity contribution in [3.05, 3.63) is 26.4 Å². The molecule has 2 rings (SSSR count). The van der Waals surface area contributed by atoms with Gasteiger partial charge in [-0.1, -0.05) is 0 Å². The molecule has 4 nitrogen and oxygen atoms in total. The Morgan fingerprint density at radius 2 is 2.00 bits per heavy atom. The van der Waals surface area contributed by atoms with Crippen molar-refractivity contribution in [2.24, 2.45) is 7.05 Å². The van der Waals surface area contributed by atoms with Crippen LogP contribution >= 0.6 is 12.2 Å². The number of hydrogen-bond acceptors (Lipinski definition) is 3. The first-order valence-corrected chi connectivity index (χ1v) is 6.01. The Labute approximate surface area is 99.9 Å². The second kappa shape index (κ2) is 4.51. The minimum Gasteiger partial charge on any atom is -0.336 e. The SMILES string of the molecule is Cc1[nH]c(=S)n(C)c(=O)c1CN1CCCC1. The molecule has 88 valence electrons. The van der Waals surface area contributed by atoms with Gasteiger partial charge in [0, 0.05) is 19.3 Å². The van der Waals surface area contributed by atoms with E-state index >= 15 is 0 Å². The molecule has 1 fully saturated rings. The highest BCUT2D eigenvalue weighted by atomic mass is 32.1. The molecule has 1 aliphatic rings. The van der Waals surface area contributed by atoms with Crippen LogP contribution in [0.25, 0.3) is 0 Å². The summed E-state index contributed by atoms with van der Waals surface area (Å²) < 4.78 is 2.00. The van der Waals surface area contributed by atoms with Crippen molar-refractivity contribution >= 4 is 12.2 Å². The van der Waals surface area contributed by atoms with Crippen LogP contribution in [0.1, 0.15) is 24.1 Å². The molecule has 1 N–H and O–H groups in total. The number of aromatic amines is 1. The molecule has 0 radical (unpaired) electrons. The fourth-order valence-electron chi connectivity index (χ4n) is 2.13. The number of hydrogen-bond donors (Lipinski definition) is 1. The Kier molecular flexibility index (Phi) is 3.25. The van der Waals surface area contributed by atoms with E-state index in [0.717, 1.165) is 30.9 Å². The zero-order valence-electron chi connectivity index (χ0n) is 9.75. The lowest BCUT2D eigenvalue weighted by Gasteiger charge is -2.16. The summed E-state index contributed by atoms with van der Waals surface area (Å²) in [6, 6.07) is 0. The van der Waals surface area contributed by atoms with E-state index in [-0.39, 0.29) is 5.56 Å². The number of nitrogens with one attached hydrogen (secondary N) is 1. The van der Waals surface area contributed by atoms with E-state index in [1.807, 2.05) is 6.92 Å². The molecule has 0 spiro atoms. The molecular formula is C11H17N3OS. The van der Waals surface area contributed by atoms with Crippen LogP contribution in [0.5, 0.6) is 0 Å². The molecule has 0 saturated carbocycles. The molecule has 16 heavy (non-hydrogen) atoms. The van der Waals surface area contributed by atoms with Crippen LogP contribution in [-0.2, 0) is 13.6 Å². The van der Waals surface area contributed by atoms with Gasteiger partial charge in [0.1, 0.15) is 0 Å². The fraction of sp³-hybridized carbons (Fsp3) is 0.636. The third-order valence-corrected chi connectivity index (χ3v) is 3.57. The second-order valence-corrected chi connectivity index (χ2v) is 4.77. The standard InChI is InChI=1S/C11H17N3OS/c1-8-9(7-14-5-3-4-6-14)10(15)13(2)11(16)12-8/h3-7H2,1-2H3,(H,12,16). The summed E-state index contributed by atoms with van der Waals surface area (Å²) in [6.45, 7) is 4.85. The average molecular weight is 239 g/mol. The first-order chi connectivity index (χ1) is 7.59. The summed E-state index contributed by atoms with van der Waals surface area (Å²) in [7, 11) is 1.72. The summed E-state index contributed by atoms with van der Waals surface area (Å²) in [5.41, 5.74) is 1.78. The Bertz CT molecular complexity index is 497. The van der Waals surface area contributed by atoms with Crippen LogP contribution in [-0.4, -0.2) is 27.5 Å². The fourth-order valence-corrected chi connectivity index (χ4v) is 2.36. The van der Waals surface area contributed by atoms with Gasteiger partial charge < -0.3 is 4.98 Å². The average Bonchev–Trinajstić information content (AvgIpc) is 2.74. The summed E-state index contributed by atoms with van der Waals surface area (Å²) in [5, 5.41) is 0. The van der Waals surface area contributed by atoms with E-state index in [1.165, 1.54) is 17.4 Å². The Hall–Kier alpha value is -0.940. The van der Waals surface area contributed by atoms with Gasteiger partial charge in [0.05, 0.1) is 5.56 Å². The van der Waals surface area contributed by atoms with Crippen molar-refractivity contribution in [2.45, 2.75) is 26.3 Å². The van der Waals surface area contributed by atoms with E-state index in [0.29, 0.717) is 4.77 Å². The molecule has 0 unspecified atom stereocenters. The summed E-state index contributed by atoms with van der Waals surface area (Å²) >= 11 is 5.06. The number of aromatic nitrogens is 2. The van der Waals surface area contributed by atoms with E-state index in [1.54, 1.807) is 7.05 Å². The van der Waals surface area contributed by atoms with Gasteiger partial charge in [-0.25, -0.2) is 0 Å². The molecule has 1 aliphatic heterocycles. The molecule has 0 aliphatic carbocycles. The van der Waals surface area contributed by atoms with Crippen LogP contribution in [0.2, 0.25) is 0 Å². The van der Waals surface area contributed by atoms with Crippen molar-refractivity contribution in [1.82, 2.24) is 14.5 Å². The zero-order chi connectivity index (χ0) is 11.7. The van der Waals surface area contributed by atoms with Gasteiger partial charge in [0.25, 0.3) is 5.56 Å². The van der Waals surface area contributed by atoms with Crippen LogP contribution < -0.4 is 5.56 Å². The Morgan fingerprint density at radius 1 is 1.38 bits per heavy atom. The van der Waals surface area contributed by atoms with Crippen LogP contribution in [0.3, 0.4) is 0 Å². The predicted octanol–water partition coefficient (Wildman–Crippen LogP) is 1.35. The molecular weight excluding hydrogens is 222 g/mol. The third kappa shape index (κ3) is 2.10. The van der Waals surface area contributed by atoms with Crippen molar-refractivity contribution < 1.29 is 0 Å². The quantitative estimate of drug-likeness (QED) is 0.792. The lowest BCUT2D eigenvalue weighted by molar-refractivity contribution is 0.327. The second-order valence-electron chi connectivity index (χ2n) is 4.38. The van der Waals surface area contributed by atoms with Crippen LogP contribution in [0.15, 0.2) is 4.79 Å². The Balaban J connectivity index is 2.36. The van der Waals surface area contributed by atoms with Gasteiger partial charge >= 0.3 is 0 Å². The molecule has 1 saturated heterocycles. The first-order valence-electron chi connectivity index (χ1n) is 5.60. The maximum Gasteiger partial charge on any atom is 0.258 e. The Morgan fingerprint density at radius 3 is 2.62 bits per heavy atom. The molecule has 1 aromatic heterocycles. The predicted molar refractivity (Wildman–Crippen MR) is 66.1 cm³/mol. The highest BCUT2D eigenvalue weighted by Gasteiger charge is 2.16. The summed E-state index contributed by atoms with van der Waals surface area (Å²) in [4.78, 5) is 17.4. The number of H-pyrrole nitrogens is 1. The van der Waals surface area contributed by atoms with Crippen molar-refractivity contribution in [3.8, 4) is 0 Å². The van der Waals surface area contributed by atoms with Crippen LogP contribution in [0, 0.1) is 11.7 Å². The third-order valence-electron chi connectivity index (χ3n) is 3.19. The number of rotatable bonds is 2. The largest absolute Gasteiger partial charge is 0.336 e. The molecule has 2 heterocycles. The first kappa shape index (κ1) is 11.5. The summed E-state index contributed by atoms with van der Waals surface area (Å²) in [5.74, 6) is 0. The van der Waals surface area contributed by atoms with Crippen molar-refractivity contribution in [2.75, 3.05) is 13.1 Å². The number of nitrogens with zero attached hydrogens (tertiary/aromatic N) is 2. The van der Waals surface area contributed by atoms with Crippen molar-refractivity contribution in [1.29, 1.82) is 0 Å². The lowest BCUT2D eigenvalue weighted by atomic mass is 10.2. The number of aryl methyl sites for hydroxylation is 1. The van der Waals surface area contributed by atoms with E-state index < -0.39 is 0 Å². The van der Waals surface area contributed by atoms with Gasteiger partial charge in [-0.15, -0.1) is 0 Å². The normalized spacial score (nSPS) is 16.9. The van der Waals surface area contributed by atoms with Gasteiger partial charge in [0.15, 0.2) is 4.77 Å². The lowest BCUT2D eigenvalue weighted by Crippen LogP contribution is -2.29. The van der Waals surface area contributed by atoms with E-state index in [4.69, 9.17) is 12.2 Å². The molecule has 0 amide bonds. The molecule has 1 aromatic rings. The summed E-state index contributed by atoms with van der Waals surface area (Å²) in [6.07, 6.45) is 2.48. The zero-order valence-corrected chi connectivity index (χ0v) is 10.6. The maximum absolute atomic E-state index is 12.0. The molecule has 0 atom stereocenters. The van der Waals surface area contributed by atoms with E-state index in [2.05, 4.69) is 9.88 Å². The number of likely N-dealkylation sites (tertiary alicyclic amines) is 1. The smallest absolute Gasteiger partial charge is 0.258 e. The van der Waals surface area contributed by atoms with Gasteiger partial charge in [-0.05, 0) is 45.1 Å². The molecule has 5 heteroatoms. The maximum atomic E-state index is 12.0. The molecule has 0 aromatic carbocycles. The minimum atomic E-state index is 0.0353. The monoisotopic (exact) mass is 239 g/mol. The highest BCUT2D eigenvalue weighted by molar-refractivity contribution is 7.71. The topological polar surface area (TPSA) is 41.0 Å². The van der Waals surface area contributed by atoms with Crippen LogP contribution in [0.4, 0.5) is 0 Å². The van der Waals surface area contributed by atoms with Gasteiger partial charge in [0.2, 0.25) is 0 Å².